The van der Waals surface area contributed by atoms with Crippen molar-refractivity contribution in [2.24, 2.45) is 11.5 Å². The molecule has 0 aromatic heterocycles. The lowest BCUT2D eigenvalue weighted by Gasteiger charge is -2.19. The molecule has 26 heavy (non-hydrogen) atoms. The molecule has 2 aromatic rings. The number of nitrogens with zero attached hydrogens (tertiary/aromatic N) is 2. The van der Waals surface area contributed by atoms with Crippen LogP contribution in [0.4, 0.5) is 5.69 Å². The molecule has 1 fully saturated rings. The maximum Gasteiger partial charge on any atom is 0.234 e. The van der Waals surface area contributed by atoms with E-state index in [0.717, 1.165) is 35.5 Å². The van der Waals surface area contributed by atoms with Gasteiger partial charge >= 0.3 is 0 Å². The molecule has 2 aromatic carbocycles. The maximum absolute atomic E-state index is 10.0. The Balaban J connectivity index is 0.000000298. The molecule has 5 nitrogen and oxygen atoms in total. The van der Waals surface area contributed by atoms with Gasteiger partial charge in [0, 0.05) is 13.1 Å². The fourth-order valence-electron chi connectivity index (χ4n) is 2.87. The SMILES string of the molecule is CC[C@H](N)C(N)=O.N#Cc1cc(-c2ccccc2)ccc1N1CCCC1. The summed E-state index contributed by atoms with van der Waals surface area (Å²) >= 11 is 0. The minimum atomic E-state index is -0.458. The molecule has 0 bridgehead atoms. The number of amides is 1. The van der Waals surface area contributed by atoms with Gasteiger partial charge in [-0.3, -0.25) is 4.79 Å². The van der Waals surface area contributed by atoms with Gasteiger partial charge in [-0.25, -0.2) is 0 Å². The number of nitriles is 1. The van der Waals surface area contributed by atoms with E-state index in [4.69, 9.17) is 11.5 Å². The molecular weight excluding hydrogens is 324 g/mol. The Kier molecular flexibility index (Phi) is 7.19. The first kappa shape index (κ1) is 19.5. The Bertz CT molecular complexity index is 761. The van der Waals surface area contributed by atoms with Gasteiger partial charge in [0.15, 0.2) is 0 Å². The quantitative estimate of drug-likeness (QED) is 0.886. The molecule has 4 N–H and O–H groups in total. The van der Waals surface area contributed by atoms with Gasteiger partial charge in [-0.15, -0.1) is 0 Å². The molecule has 1 heterocycles. The average Bonchev–Trinajstić information content (AvgIpc) is 3.22. The van der Waals surface area contributed by atoms with Crippen LogP contribution in [0.15, 0.2) is 48.5 Å². The zero-order chi connectivity index (χ0) is 18.9. The van der Waals surface area contributed by atoms with Gasteiger partial charge in [0.25, 0.3) is 0 Å². The largest absolute Gasteiger partial charge is 0.370 e. The highest BCUT2D eigenvalue weighted by molar-refractivity contribution is 5.79. The van der Waals surface area contributed by atoms with Crippen molar-refractivity contribution in [1.29, 1.82) is 5.26 Å². The molecule has 136 valence electrons. The first-order valence-corrected chi connectivity index (χ1v) is 8.96. The second-order valence-corrected chi connectivity index (χ2v) is 6.32. The van der Waals surface area contributed by atoms with E-state index in [1.54, 1.807) is 0 Å². The summed E-state index contributed by atoms with van der Waals surface area (Å²) in [5.74, 6) is -0.428. The van der Waals surface area contributed by atoms with Gasteiger partial charge in [-0.2, -0.15) is 5.26 Å². The number of hydrogen-bond donors (Lipinski definition) is 2. The number of benzene rings is 2. The zero-order valence-corrected chi connectivity index (χ0v) is 15.2. The number of anilines is 1. The number of hydrogen-bond acceptors (Lipinski definition) is 4. The molecule has 0 aliphatic carbocycles. The van der Waals surface area contributed by atoms with Crippen LogP contribution in [0.3, 0.4) is 0 Å². The standard InChI is InChI=1S/C17H16N2.C4H10N2O/c18-13-16-12-15(14-6-2-1-3-7-14)8-9-17(16)19-10-4-5-11-19;1-2-3(5)4(6)7/h1-3,6-9,12H,4-5,10-11H2;3H,2,5H2,1H3,(H2,6,7)/t;3-/m.0/s1. The van der Waals surface area contributed by atoms with Crippen molar-refractivity contribution in [3.05, 3.63) is 54.1 Å². The summed E-state index contributed by atoms with van der Waals surface area (Å²) in [5.41, 5.74) is 14.1. The van der Waals surface area contributed by atoms with Gasteiger partial charge < -0.3 is 16.4 Å². The predicted molar refractivity (Wildman–Crippen MR) is 106 cm³/mol. The van der Waals surface area contributed by atoms with Crippen molar-refractivity contribution in [3.8, 4) is 17.2 Å². The van der Waals surface area contributed by atoms with E-state index in [9.17, 15) is 10.1 Å². The van der Waals surface area contributed by atoms with Crippen LogP contribution < -0.4 is 16.4 Å². The minimum absolute atomic E-state index is 0.428. The first-order chi connectivity index (χ1) is 12.6. The van der Waals surface area contributed by atoms with Crippen LogP contribution >= 0.6 is 0 Å². The van der Waals surface area contributed by atoms with Crippen molar-refractivity contribution in [1.82, 2.24) is 0 Å². The third-order valence-electron chi connectivity index (χ3n) is 4.48. The first-order valence-electron chi connectivity index (χ1n) is 8.96. The molecule has 3 rings (SSSR count). The van der Waals surface area contributed by atoms with Crippen molar-refractivity contribution in [2.75, 3.05) is 18.0 Å². The van der Waals surface area contributed by atoms with Crippen molar-refractivity contribution >= 4 is 11.6 Å². The van der Waals surface area contributed by atoms with E-state index in [2.05, 4.69) is 35.2 Å². The van der Waals surface area contributed by atoms with Gasteiger partial charge in [-0.1, -0.05) is 43.3 Å². The molecule has 0 spiro atoms. The number of nitrogens with two attached hydrogens (primary N) is 2. The van der Waals surface area contributed by atoms with Gasteiger partial charge in [-0.05, 0) is 42.5 Å². The number of rotatable bonds is 4. The van der Waals surface area contributed by atoms with Gasteiger partial charge in [0.05, 0.1) is 17.3 Å². The van der Waals surface area contributed by atoms with Crippen LogP contribution in [0.5, 0.6) is 0 Å². The van der Waals surface area contributed by atoms with E-state index in [1.807, 2.05) is 31.2 Å². The fourth-order valence-corrected chi connectivity index (χ4v) is 2.87. The van der Waals surface area contributed by atoms with Crippen LogP contribution in [0.25, 0.3) is 11.1 Å². The summed E-state index contributed by atoms with van der Waals surface area (Å²) in [6, 6.07) is 18.3. The van der Waals surface area contributed by atoms with Gasteiger partial charge in [0.1, 0.15) is 6.07 Å². The van der Waals surface area contributed by atoms with E-state index in [0.29, 0.717) is 6.42 Å². The summed E-state index contributed by atoms with van der Waals surface area (Å²) in [5, 5.41) is 9.37. The lowest BCUT2D eigenvalue weighted by molar-refractivity contribution is -0.119. The highest BCUT2D eigenvalue weighted by atomic mass is 16.1. The Labute approximate surface area is 155 Å². The third kappa shape index (κ3) is 5.08. The monoisotopic (exact) mass is 350 g/mol. The molecule has 1 aliphatic heterocycles. The van der Waals surface area contributed by atoms with E-state index in [-0.39, 0.29) is 0 Å². The molecule has 0 radical (unpaired) electrons. The number of carbonyl (C=O) groups excluding carboxylic acids is 1. The molecule has 0 saturated carbocycles. The van der Waals surface area contributed by atoms with Crippen molar-refractivity contribution < 1.29 is 4.79 Å². The van der Waals surface area contributed by atoms with Crippen molar-refractivity contribution in [3.63, 3.8) is 0 Å². The maximum atomic E-state index is 10.0. The molecule has 1 amide bonds. The highest BCUT2D eigenvalue weighted by Crippen LogP contribution is 2.29. The smallest absolute Gasteiger partial charge is 0.234 e. The van der Waals surface area contributed by atoms with Crippen LogP contribution in [0.1, 0.15) is 31.7 Å². The van der Waals surface area contributed by atoms with Crippen LogP contribution in [-0.2, 0) is 4.79 Å². The lowest BCUT2D eigenvalue weighted by atomic mass is 10.0. The normalized spacial score (nSPS) is 14.1. The van der Waals surface area contributed by atoms with Crippen LogP contribution in [0.2, 0.25) is 0 Å². The highest BCUT2D eigenvalue weighted by Gasteiger charge is 2.16. The fraction of sp³-hybridized carbons (Fsp3) is 0.333. The zero-order valence-electron chi connectivity index (χ0n) is 15.2. The molecule has 0 unspecified atom stereocenters. The molecular formula is C21H26N4O. The summed E-state index contributed by atoms with van der Waals surface area (Å²) in [6.07, 6.45) is 3.08. The number of primary amides is 1. The van der Waals surface area contributed by atoms with Gasteiger partial charge in [0.2, 0.25) is 5.91 Å². The predicted octanol–water partition coefficient (Wildman–Crippen LogP) is 3.03. The Morgan fingerprint density at radius 2 is 1.81 bits per heavy atom. The summed E-state index contributed by atoms with van der Waals surface area (Å²) in [7, 11) is 0. The average molecular weight is 350 g/mol. The molecule has 5 heteroatoms. The van der Waals surface area contributed by atoms with E-state index in [1.165, 1.54) is 12.8 Å². The lowest BCUT2D eigenvalue weighted by Crippen LogP contribution is -2.35. The third-order valence-corrected chi connectivity index (χ3v) is 4.48. The summed E-state index contributed by atoms with van der Waals surface area (Å²) < 4.78 is 0. The van der Waals surface area contributed by atoms with E-state index >= 15 is 0 Å². The van der Waals surface area contributed by atoms with E-state index < -0.39 is 11.9 Å². The Morgan fingerprint density at radius 3 is 2.31 bits per heavy atom. The Hall–Kier alpha value is -2.84. The van der Waals surface area contributed by atoms with Crippen molar-refractivity contribution in [2.45, 2.75) is 32.2 Å². The van der Waals surface area contributed by atoms with Crippen LogP contribution in [-0.4, -0.2) is 25.0 Å². The summed E-state index contributed by atoms with van der Waals surface area (Å²) in [6.45, 7) is 3.95. The molecule has 1 atom stereocenters. The second-order valence-electron chi connectivity index (χ2n) is 6.32. The molecule has 1 saturated heterocycles. The van der Waals surface area contributed by atoms with Crippen LogP contribution in [0, 0.1) is 11.3 Å². The molecule has 1 aliphatic rings. The topological polar surface area (TPSA) is 96.1 Å². The Morgan fingerprint density at radius 1 is 1.15 bits per heavy atom. The second kappa shape index (κ2) is 9.59. The number of carbonyl (C=O) groups is 1. The summed E-state index contributed by atoms with van der Waals surface area (Å²) in [4.78, 5) is 12.3. The minimum Gasteiger partial charge on any atom is -0.370 e.